The number of carbonyl (C=O) groups excluding carboxylic acids is 2. The van der Waals surface area contributed by atoms with Gasteiger partial charge in [0, 0.05) is 27.0 Å². The number of thiazole rings is 1. The Morgan fingerprint density at radius 1 is 1.07 bits per heavy atom. The van der Waals surface area contributed by atoms with Gasteiger partial charge in [0.15, 0.2) is 5.13 Å². The number of benzene rings is 2. The van der Waals surface area contributed by atoms with Gasteiger partial charge in [0.2, 0.25) is 0 Å². The lowest BCUT2D eigenvalue weighted by Crippen LogP contribution is -2.35. The van der Waals surface area contributed by atoms with Gasteiger partial charge < -0.3 is 4.90 Å². The molecule has 1 aromatic heterocycles. The van der Waals surface area contributed by atoms with Crippen LogP contribution < -0.4 is 5.32 Å². The summed E-state index contributed by atoms with van der Waals surface area (Å²) in [5.41, 5.74) is 2.29. The molecule has 0 radical (unpaired) electrons. The van der Waals surface area contributed by atoms with Gasteiger partial charge in [-0.25, -0.2) is 4.98 Å². The van der Waals surface area contributed by atoms with E-state index in [1.165, 1.54) is 11.3 Å². The highest BCUT2D eigenvalue weighted by Crippen LogP contribution is 2.29. The Bertz CT molecular complexity index is 1000. The summed E-state index contributed by atoms with van der Waals surface area (Å²) in [5, 5.41) is 3.47. The molecule has 0 bridgehead atoms. The number of hydrogen-bond acceptors (Lipinski definition) is 4. The number of anilines is 1. The highest BCUT2D eigenvalue weighted by molar-refractivity contribution is 14.1. The van der Waals surface area contributed by atoms with Crippen molar-refractivity contribution in [1.82, 2.24) is 9.88 Å². The first-order valence-electron chi connectivity index (χ1n) is 8.50. The van der Waals surface area contributed by atoms with Crippen LogP contribution in [0.1, 0.15) is 31.3 Å². The topological polar surface area (TPSA) is 62.3 Å². The number of aromatic nitrogens is 1. The van der Waals surface area contributed by atoms with Gasteiger partial charge in [-0.1, -0.05) is 41.7 Å². The SMILES string of the molecule is O=C(Nc1nc2c(s1)CN(C(=O)c1ccccc1)CC2)c1ccccc1I. The normalized spacial score (nSPS) is 13.1. The van der Waals surface area contributed by atoms with Crippen molar-refractivity contribution in [3.05, 3.63) is 79.9 Å². The monoisotopic (exact) mass is 489 g/mol. The average molecular weight is 489 g/mol. The first-order valence-corrected chi connectivity index (χ1v) is 10.4. The minimum absolute atomic E-state index is 0.0269. The highest BCUT2D eigenvalue weighted by Gasteiger charge is 2.25. The van der Waals surface area contributed by atoms with Crippen molar-refractivity contribution in [2.24, 2.45) is 0 Å². The number of halogens is 1. The van der Waals surface area contributed by atoms with Gasteiger partial charge in [-0.3, -0.25) is 14.9 Å². The van der Waals surface area contributed by atoms with Crippen molar-refractivity contribution in [2.75, 3.05) is 11.9 Å². The number of carbonyl (C=O) groups is 2. The third-order valence-corrected chi connectivity index (χ3v) is 6.32. The molecular weight excluding hydrogens is 473 g/mol. The fourth-order valence-electron chi connectivity index (χ4n) is 3.00. The molecule has 0 unspecified atom stereocenters. The van der Waals surface area contributed by atoms with Crippen LogP contribution in [0.15, 0.2) is 54.6 Å². The zero-order chi connectivity index (χ0) is 18.8. The van der Waals surface area contributed by atoms with Crippen LogP contribution in [-0.2, 0) is 13.0 Å². The van der Waals surface area contributed by atoms with Gasteiger partial charge in [0.25, 0.3) is 11.8 Å². The second-order valence-electron chi connectivity index (χ2n) is 6.17. The number of hydrogen-bond donors (Lipinski definition) is 1. The Labute approximate surface area is 174 Å². The van der Waals surface area contributed by atoms with Crippen molar-refractivity contribution in [3.63, 3.8) is 0 Å². The van der Waals surface area contributed by atoms with Crippen LogP contribution in [0.5, 0.6) is 0 Å². The standard InChI is InChI=1S/C20H16IN3O2S/c21-15-9-5-4-8-14(15)18(25)23-20-22-16-10-11-24(12-17(16)27-20)19(26)13-6-2-1-3-7-13/h1-9H,10-12H2,(H,22,23,25). The molecule has 0 aliphatic carbocycles. The maximum absolute atomic E-state index is 12.7. The van der Waals surface area contributed by atoms with Crippen LogP contribution in [0.4, 0.5) is 5.13 Å². The summed E-state index contributed by atoms with van der Waals surface area (Å²) < 4.78 is 0.897. The Morgan fingerprint density at radius 3 is 2.59 bits per heavy atom. The van der Waals surface area contributed by atoms with Crippen molar-refractivity contribution in [1.29, 1.82) is 0 Å². The van der Waals surface area contributed by atoms with E-state index in [-0.39, 0.29) is 11.8 Å². The third kappa shape index (κ3) is 3.89. The van der Waals surface area contributed by atoms with Crippen LogP contribution in [0.2, 0.25) is 0 Å². The maximum Gasteiger partial charge on any atom is 0.258 e. The number of amides is 2. The molecule has 1 aliphatic rings. The summed E-state index contributed by atoms with van der Waals surface area (Å²) >= 11 is 3.59. The fourth-order valence-corrected chi connectivity index (χ4v) is 4.65. The highest BCUT2D eigenvalue weighted by atomic mass is 127. The first kappa shape index (κ1) is 18.1. The third-order valence-electron chi connectivity index (χ3n) is 4.38. The number of rotatable bonds is 3. The van der Waals surface area contributed by atoms with Crippen LogP contribution in [0, 0.1) is 3.57 Å². The fraction of sp³-hybridized carbons (Fsp3) is 0.150. The summed E-state index contributed by atoms with van der Waals surface area (Å²) in [5.74, 6) is -0.137. The minimum Gasteiger partial charge on any atom is -0.333 e. The van der Waals surface area contributed by atoms with Crippen molar-refractivity contribution in [2.45, 2.75) is 13.0 Å². The molecule has 4 rings (SSSR count). The molecule has 0 saturated carbocycles. The van der Waals surface area contributed by atoms with Gasteiger partial charge in [-0.15, -0.1) is 0 Å². The quantitative estimate of drug-likeness (QED) is 0.562. The molecule has 136 valence electrons. The number of nitrogens with zero attached hydrogens (tertiary/aromatic N) is 2. The lowest BCUT2D eigenvalue weighted by atomic mass is 10.1. The van der Waals surface area contributed by atoms with E-state index in [0.717, 1.165) is 14.1 Å². The molecule has 2 heterocycles. The molecule has 0 fully saturated rings. The molecule has 0 atom stereocenters. The van der Waals surface area contributed by atoms with E-state index in [1.807, 2.05) is 53.4 Å². The Balaban J connectivity index is 1.48. The molecule has 7 heteroatoms. The van der Waals surface area contributed by atoms with Crippen molar-refractivity contribution >= 4 is 50.9 Å². The zero-order valence-corrected chi connectivity index (χ0v) is 17.3. The van der Waals surface area contributed by atoms with Crippen LogP contribution in [0.3, 0.4) is 0 Å². The summed E-state index contributed by atoms with van der Waals surface area (Å²) in [7, 11) is 0. The van der Waals surface area contributed by atoms with Gasteiger partial charge in [-0.2, -0.15) is 0 Å². The summed E-state index contributed by atoms with van der Waals surface area (Å²) in [6.45, 7) is 1.16. The molecule has 1 N–H and O–H groups in total. The zero-order valence-electron chi connectivity index (χ0n) is 14.3. The van der Waals surface area contributed by atoms with Gasteiger partial charge >= 0.3 is 0 Å². The Kier molecular flexibility index (Phi) is 5.22. The molecule has 0 spiro atoms. The molecule has 1 aliphatic heterocycles. The molecule has 5 nitrogen and oxygen atoms in total. The number of fused-ring (bicyclic) bond motifs is 1. The molecular formula is C20H16IN3O2S. The van der Waals surface area contributed by atoms with Gasteiger partial charge in [0.05, 0.1) is 17.8 Å². The average Bonchev–Trinajstić information content (AvgIpc) is 3.09. The van der Waals surface area contributed by atoms with E-state index < -0.39 is 0 Å². The van der Waals surface area contributed by atoms with E-state index in [9.17, 15) is 9.59 Å². The predicted molar refractivity (Wildman–Crippen MR) is 114 cm³/mol. The molecule has 3 aromatic rings. The van der Waals surface area contributed by atoms with E-state index in [2.05, 4.69) is 32.9 Å². The van der Waals surface area contributed by atoms with E-state index >= 15 is 0 Å². The van der Waals surface area contributed by atoms with Crippen LogP contribution >= 0.6 is 33.9 Å². The lowest BCUT2D eigenvalue weighted by molar-refractivity contribution is 0.0736. The van der Waals surface area contributed by atoms with Crippen LogP contribution in [0.25, 0.3) is 0 Å². The second kappa shape index (κ2) is 7.77. The van der Waals surface area contributed by atoms with Crippen molar-refractivity contribution < 1.29 is 9.59 Å². The smallest absolute Gasteiger partial charge is 0.258 e. The second-order valence-corrected chi connectivity index (χ2v) is 8.41. The molecule has 27 heavy (non-hydrogen) atoms. The largest absolute Gasteiger partial charge is 0.333 e. The predicted octanol–water partition coefficient (Wildman–Crippen LogP) is 4.20. The van der Waals surface area contributed by atoms with E-state index in [4.69, 9.17) is 0 Å². The van der Waals surface area contributed by atoms with Gasteiger partial charge in [0.1, 0.15) is 0 Å². The summed E-state index contributed by atoms with van der Waals surface area (Å²) in [6.07, 6.45) is 0.698. The van der Waals surface area contributed by atoms with E-state index in [1.54, 1.807) is 6.07 Å². The Hall–Kier alpha value is -2.26. The van der Waals surface area contributed by atoms with Crippen molar-refractivity contribution in [3.8, 4) is 0 Å². The van der Waals surface area contributed by atoms with Gasteiger partial charge in [-0.05, 0) is 46.9 Å². The first-order chi connectivity index (χ1) is 13.1. The van der Waals surface area contributed by atoms with Crippen LogP contribution in [-0.4, -0.2) is 28.2 Å². The molecule has 0 saturated heterocycles. The Morgan fingerprint density at radius 2 is 1.81 bits per heavy atom. The molecule has 2 aromatic carbocycles. The minimum atomic E-state index is -0.164. The molecule has 2 amide bonds. The maximum atomic E-state index is 12.7. The lowest BCUT2D eigenvalue weighted by Gasteiger charge is -2.26. The summed E-state index contributed by atoms with van der Waals surface area (Å²) in [6, 6.07) is 16.7. The summed E-state index contributed by atoms with van der Waals surface area (Å²) in [4.78, 5) is 32.6. The number of nitrogens with one attached hydrogen (secondary N) is 1. The van der Waals surface area contributed by atoms with E-state index in [0.29, 0.717) is 35.8 Å².